The van der Waals surface area contributed by atoms with Crippen LogP contribution in [-0.4, -0.2) is 51.3 Å². The molecule has 1 saturated heterocycles. The predicted octanol–water partition coefficient (Wildman–Crippen LogP) is 4.12. The van der Waals surface area contributed by atoms with Gasteiger partial charge in [0.1, 0.15) is 11.4 Å². The van der Waals surface area contributed by atoms with Crippen molar-refractivity contribution in [2.75, 3.05) is 25.5 Å². The van der Waals surface area contributed by atoms with Gasteiger partial charge in [0, 0.05) is 31.9 Å². The Kier molecular flexibility index (Phi) is 8.35. The van der Waals surface area contributed by atoms with E-state index in [9.17, 15) is 4.79 Å². The molecule has 1 N–H and O–H groups in total. The van der Waals surface area contributed by atoms with E-state index in [1.54, 1.807) is 9.42 Å². The zero-order chi connectivity index (χ0) is 19.7. The molecule has 2 aromatic rings. The van der Waals surface area contributed by atoms with Gasteiger partial charge < -0.3 is 15.0 Å². The van der Waals surface area contributed by atoms with E-state index >= 15 is 0 Å². The van der Waals surface area contributed by atoms with Crippen molar-refractivity contribution in [1.82, 2.24) is 19.5 Å². The minimum absolute atomic E-state index is 0.167. The number of carbonyl (C=O) groups excluding carboxylic acids is 1. The zero-order valence-corrected chi connectivity index (χ0v) is 17.2. The van der Waals surface area contributed by atoms with Crippen molar-refractivity contribution in [3.05, 3.63) is 24.0 Å². The van der Waals surface area contributed by atoms with E-state index in [2.05, 4.69) is 15.4 Å². The summed E-state index contributed by atoms with van der Waals surface area (Å²) < 4.78 is 6.97. The Morgan fingerprint density at radius 3 is 2.38 bits per heavy atom. The van der Waals surface area contributed by atoms with E-state index in [1.165, 1.54) is 0 Å². The quantitative estimate of drug-likeness (QED) is 0.825. The summed E-state index contributed by atoms with van der Waals surface area (Å²) in [5.74, 6) is 0.867. The van der Waals surface area contributed by atoms with Crippen LogP contribution in [0.4, 0.5) is 10.6 Å². The maximum atomic E-state index is 11.4. The highest BCUT2D eigenvalue weighted by molar-refractivity contribution is 5.68. The lowest BCUT2D eigenvalue weighted by atomic mass is 10.2. The molecule has 0 unspecified atom stereocenters. The number of anilines is 1. The first-order chi connectivity index (χ1) is 12.3. The molecule has 1 fully saturated rings. The number of likely N-dealkylation sites (tertiary alicyclic amines) is 1. The van der Waals surface area contributed by atoms with Crippen LogP contribution in [0.15, 0.2) is 18.5 Å². The molecular weight excluding hydrogens is 330 g/mol. The topological polar surface area (TPSA) is 71.8 Å². The number of aryl methyl sites for hydroxylation is 1. The van der Waals surface area contributed by atoms with Gasteiger partial charge in [-0.25, -0.2) is 14.3 Å². The monoisotopic (exact) mass is 363 g/mol. The summed E-state index contributed by atoms with van der Waals surface area (Å²) in [5, 5.41) is 7.10. The Balaban J connectivity index is 0.000000238. The summed E-state index contributed by atoms with van der Waals surface area (Å²) in [4.78, 5) is 17.5. The van der Waals surface area contributed by atoms with Gasteiger partial charge in [-0.1, -0.05) is 13.8 Å². The van der Waals surface area contributed by atoms with Crippen molar-refractivity contribution in [3.8, 4) is 0 Å². The van der Waals surface area contributed by atoms with Crippen molar-refractivity contribution >= 4 is 17.6 Å². The largest absolute Gasteiger partial charge is 0.444 e. The van der Waals surface area contributed by atoms with Crippen molar-refractivity contribution < 1.29 is 9.53 Å². The average molecular weight is 364 g/mol. The van der Waals surface area contributed by atoms with E-state index in [-0.39, 0.29) is 11.7 Å². The number of nitrogens with one attached hydrogen (secondary N) is 1. The standard InChI is InChI=1S/C9H17NO2.C8H10N4.C2H6/c1-9(2,3)12-8(11)10-6-4-5-7-10;1-6-5-10-12-4-3-7(9-2)11-8(6)12;1-2/h4-7H2,1-3H3;3-5H,1-2H3,(H,9,11);1-2H3. The molecule has 7 nitrogen and oxygen atoms in total. The van der Waals surface area contributed by atoms with Gasteiger partial charge in [0.25, 0.3) is 0 Å². The third kappa shape index (κ3) is 6.54. The van der Waals surface area contributed by atoms with Crippen LogP contribution < -0.4 is 5.32 Å². The molecule has 0 aromatic carbocycles. The zero-order valence-electron chi connectivity index (χ0n) is 17.2. The van der Waals surface area contributed by atoms with Crippen LogP contribution in [0.1, 0.15) is 53.0 Å². The van der Waals surface area contributed by atoms with Gasteiger partial charge in [-0.05, 0) is 46.6 Å². The van der Waals surface area contributed by atoms with E-state index in [1.807, 2.05) is 67.1 Å². The summed E-state index contributed by atoms with van der Waals surface area (Å²) in [7, 11) is 1.85. The highest BCUT2D eigenvalue weighted by Gasteiger charge is 2.23. The Labute approximate surface area is 156 Å². The normalized spacial score (nSPS) is 13.4. The second-order valence-electron chi connectivity index (χ2n) is 6.83. The summed E-state index contributed by atoms with van der Waals surface area (Å²) >= 11 is 0. The molecule has 0 saturated carbocycles. The van der Waals surface area contributed by atoms with Crippen molar-refractivity contribution in [2.45, 2.75) is 60.0 Å². The fourth-order valence-electron chi connectivity index (χ4n) is 2.35. The van der Waals surface area contributed by atoms with Gasteiger partial charge in [0.2, 0.25) is 0 Å². The maximum absolute atomic E-state index is 11.4. The number of hydrogen-bond donors (Lipinski definition) is 1. The first-order valence-electron chi connectivity index (χ1n) is 9.27. The molecule has 2 aromatic heterocycles. The van der Waals surface area contributed by atoms with E-state index in [0.717, 1.165) is 43.0 Å². The smallest absolute Gasteiger partial charge is 0.410 e. The fourth-order valence-corrected chi connectivity index (χ4v) is 2.35. The lowest BCUT2D eigenvalue weighted by Gasteiger charge is -2.23. The SMILES string of the molecule is CC.CC(C)(C)OC(=O)N1CCCC1.CNc1ccn2ncc(C)c2n1. The fraction of sp³-hybridized carbons (Fsp3) is 0.632. The highest BCUT2D eigenvalue weighted by Crippen LogP contribution is 2.14. The van der Waals surface area contributed by atoms with Gasteiger partial charge in [-0.2, -0.15) is 5.10 Å². The second kappa shape index (κ2) is 9.99. The van der Waals surface area contributed by atoms with Crippen molar-refractivity contribution in [2.24, 2.45) is 0 Å². The summed E-state index contributed by atoms with van der Waals surface area (Å²) in [6.07, 6.45) is 5.75. The maximum Gasteiger partial charge on any atom is 0.410 e. The van der Waals surface area contributed by atoms with Gasteiger partial charge in [-0.3, -0.25) is 0 Å². The minimum Gasteiger partial charge on any atom is -0.444 e. The summed E-state index contributed by atoms with van der Waals surface area (Å²) in [6.45, 7) is 13.4. The Hall–Kier alpha value is -2.31. The second-order valence-corrected chi connectivity index (χ2v) is 6.83. The molecular formula is C19H33N5O2. The van der Waals surface area contributed by atoms with E-state index in [0.29, 0.717) is 0 Å². The molecule has 3 rings (SSSR count). The summed E-state index contributed by atoms with van der Waals surface area (Å²) in [5.41, 5.74) is 1.63. The Morgan fingerprint density at radius 1 is 1.23 bits per heavy atom. The molecule has 146 valence electrons. The first-order valence-corrected chi connectivity index (χ1v) is 9.27. The van der Waals surface area contributed by atoms with Gasteiger partial charge >= 0.3 is 6.09 Å². The molecule has 7 heteroatoms. The molecule has 1 amide bonds. The number of hydrogen-bond acceptors (Lipinski definition) is 5. The molecule has 0 spiro atoms. The van der Waals surface area contributed by atoms with Gasteiger partial charge in [0.05, 0.1) is 6.20 Å². The van der Waals surface area contributed by atoms with Gasteiger partial charge in [-0.15, -0.1) is 0 Å². The first kappa shape index (κ1) is 21.7. The van der Waals surface area contributed by atoms with Gasteiger partial charge in [0.15, 0.2) is 5.65 Å². The van der Waals surface area contributed by atoms with Crippen LogP contribution in [0.5, 0.6) is 0 Å². The number of fused-ring (bicyclic) bond motifs is 1. The van der Waals surface area contributed by atoms with Crippen LogP contribution in [0.3, 0.4) is 0 Å². The Morgan fingerprint density at radius 2 is 1.85 bits per heavy atom. The summed E-state index contributed by atoms with van der Waals surface area (Å²) in [6, 6.07) is 1.89. The highest BCUT2D eigenvalue weighted by atomic mass is 16.6. The molecule has 1 aliphatic heterocycles. The number of carbonyl (C=O) groups is 1. The van der Waals surface area contributed by atoms with E-state index in [4.69, 9.17) is 4.74 Å². The number of amides is 1. The third-order valence-electron chi connectivity index (χ3n) is 3.56. The molecule has 0 radical (unpaired) electrons. The molecule has 0 bridgehead atoms. The predicted molar refractivity (Wildman–Crippen MR) is 106 cm³/mol. The lowest BCUT2D eigenvalue weighted by molar-refractivity contribution is 0.0295. The molecule has 0 aliphatic carbocycles. The van der Waals surface area contributed by atoms with Crippen molar-refractivity contribution in [1.29, 1.82) is 0 Å². The van der Waals surface area contributed by atoms with Crippen LogP contribution >= 0.6 is 0 Å². The average Bonchev–Trinajstić information content (AvgIpc) is 3.26. The Bertz CT molecular complexity index is 685. The number of aromatic nitrogens is 3. The number of nitrogens with zero attached hydrogens (tertiary/aromatic N) is 4. The number of ether oxygens (including phenoxy) is 1. The van der Waals surface area contributed by atoms with Crippen molar-refractivity contribution in [3.63, 3.8) is 0 Å². The molecule has 26 heavy (non-hydrogen) atoms. The van der Waals surface area contributed by atoms with Crippen LogP contribution in [0, 0.1) is 6.92 Å². The van der Waals surface area contributed by atoms with E-state index < -0.39 is 0 Å². The molecule has 3 heterocycles. The lowest BCUT2D eigenvalue weighted by Crippen LogP contribution is -2.34. The minimum atomic E-state index is -0.361. The number of rotatable bonds is 1. The van der Waals surface area contributed by atoms with Crippen LogP contribution in [0.25, 0.3) is 5.65 Å². The molecule has 1 aliphatic rings. The third-order valence-corrected chi connectivity index (χ3v) is 3.56. The molecule has 0 atom stereocenters. The van der Waals surface area contributed by atoms with Crippen LogP contribution in [0.2, 0.25) is 0 Å². The van der Waals surface area contributed by atoms with Crippen LogP contribution in [-0.2, 0) is 4.74 Å².